The van der Waals surface area contributed by atoms with Gasteiger partial charge in [-0.2, -0.15) is 10.2 Å². The third kappa shape index (κ3) is 2.92. The number of hydrogen-bond acceptors (Lipinski definition) is 3. The Morgan fingerprint density at radius 2 is 2.24 bits per heavy atom. The molecule has 0 unspecified atom stereocenters. The van der Waals surface area contributed by atoms with Gasteiger partial charge in [-0.1, -0.05) is 29.8 Å². The van der Waals surface area contributed by atoms with Gasteiger partial charge < -0.3 is 0 Å². The van der Waals surface area contributed by atoms with E-state index in [1.54, 1.807) is 18.2 Å². The van der Waals surface area contributed by atoms with Gasteiger partial charge in [0.25, 0.3) is 5.91 Å². The van der Waals surface area contributed by atoms with Crippen LogP contribution in [0, 0.1) is 0 Å². The van der Waals surface area contributed by atoms with E-state index < -0.39 is 0 Å². The standard InChI is InChI=1S/C11H9ClN4O/c12-9-4-2-1-3-8(9)7-14-16-11(17)10-5-6-13-15-10/h1-7H,(H,13,15)(H,16,17)/b14-7-. The van der Waals surface area contributed by atoms with E-state index in [2.05, 4.69) is 20.7 Å². The molecule has 0 fully saturated rings. The zero-order valence-electron chi connectivity index (χ0n) is 8.72. The molecule has 0 aliphatic carbocycles. The zero-order valence-corrected chi connectivity index (χ0v) is 9.48. The number of aromatic amines is 1. The Labute approximate surface area is 102 Å². The summed E-state index contributed by atoms with van der Waals surface area (Å²) in [7, 11) is 0. The van der Waals surface area contributed by atoms with Crippen LogP contribution in [-0.2, 0) is 0 Å². The second-order valence-corrected chi connectivity index (χ2v) is 3.60. The predicted octanol–water partition coefficient (Wildman–Crippen LogP) is 1.83. The van der Waals surface area contributed by atoms with Crippen molar-refractivity contribution in [2.45, 2.75) is 0 Å². The molecule has 2 N–H and O–H groups in total. The van der Waals surface area contributed by atoms with Crippen molar-refractivity contribution >= 4 is 23.7 Å². The molecule has 2 aromatic rings. The molecule has 0 aliphatic rings. The van der Waals surface area contributed by atoms with Crippen molar-refractivity contribution < 1.29 is 4.79 Å². The van der Waals surface area contributed by atoms with Crippen LogP contribution in [0.15, 0.2) is 41.6 Å². The molecule has 0 saturated carbocycles. The lowest BCUT2D eigenvalue weighted by Crippen LogP contribution is -2.18. The molecule has 5 nitrogen and oxygen atoms in total. The highest BCUT2D eigenvalue weighted by atomic mass is 35.5. The molecule has 0 radical (unpaired) electrons. The SMILES string of the molecule is O=C(N/N=C\c1ccccc1Cl)c1ccn[nH]1. The second-order valence-electron chi connectivity index (χ2n) is 3.19. The van der Waals surface area contributed by atoms with Crippen LogP contribution < -0.4 is 5.43 Å². The van der Waals surface area contributed by atoms with Gasteiger partial charge in [-0.3, -0.25) is 9.89 Å². The Morgan fingerprint density at radius 1 is 1.41 bits per heavy atom. The molecule has 0 atom stereocenters. The molecule has 0 aliphatic heterocycles. The number of nitrogens with one attached hydrogen (secondary N) is 2. The molecule has 1 amide bonds. The van der Waals surface area contributed by atoms with Crippen LogP contribution in [0.1, 0.15) is 16.1 Å². The Kier molecular flexibility index (Phi) is 3.52. The number of H-pyrrole nitrogens is 1. The minimum Gasteiger partial charge on any atom is -0.273 e. The highest BCUT2D eigenvalue weighted by Gasteiger charge is 2.03. The first-order valence-corrected chi connectivity index (χ1v) is 5.22. The van der Waals surface area contributed by atoms with Crippen molar-refractivity contribution in [1.29, 1.82) is 0 Å². The van der Waals surface area contributed by atoms with E-state index in [-0.39, 0.29) is 5.91 Å². The van der Waals surface area contributed by atoms with Gasteiger partial charge in [-0.25, -0.2) is 5.43 Å². The van der Waals surface area contributed by atoms with Crippen molar-refractivity contribution in [2.24, 2.45) is 5.10 Å². The van der Waals surface area contributed by atoms with Crippen LogP contribution in [0.4, 0.5) is 0 Å². The molecule has 0 spiro atoms. The topological polar surface area (TPSA) is 70.1 Å². The van der Waals surface area contributed by atoms with Crippen molar-refractivity contribution in [3.05, 3.63) is 52.8 Å². The number of carbonyl (C=O) groups excluding carboxylic acids is 1. The lowest BCUT2D eigenvalue weighted by Gasteiger charge is -1.97. The van der Waals surface area contributed by atoms with E-state index in [9.17, 15) is 4.79 Å². The number of benzene rings is 1. The number of aromatic nitrogens is 2. The zero-order chi connectivity index (χ0) is 12.1. The minimum absolute atomic E-state index is 0.348. The smallest absolute Gasteiger partial charge is 0.273 e. The highest BCUT2D eigenvalue weighted by molar-refractivity contribution is 6.33. The summed E-state index contributed by atoms with van der Waals surface area (Å²) in [6, 6.07) is 8.76. The molecule has 2 rings (SSSR count). The summed E-state index contributed by atoms with van der Waals surface area (Å²) in [6.45, 7) is 0. The minimum atomic E-state index is -0.356. The average molecular weight is 249 g/mol. The third-order valence-corrected chi connectivity index (χ3v) is 2.36. The van der Waals surface area contributed by atoms with Gasteiger partial charge in [-0.05, 0) is 12.1 Å². The predicted molar refractivity (Wildman–Crippen MR) is 65.1 cm³/mol. The molecule has 6 heteroatoms. The Balaban J connectivity index is 1.99. The first kappa shape index (κ1) is 11.3. The molecule has 0 bridgehead atoms. The highest BCUT2D eigenvalue weighted by Crippen LogP contribution is 2.11. The second kappa shape index (κ2) is 5.27. The van der Waals surface area contributed by atoms with Gasteiger partial charge in [0, 0.05) is 16.8 Å². The van der Waals surface area contributed by atoms with E-state index >= 15 is 0 Å². The van der Waals surface area contributed by atoms with Crippen LogP contribution in [0.5, 0.6) is 0 Å². The van der Waals surface area contributed by atoms with Gasteiger partial charge >= 0.3 is 0 Å². The number of amides is 1. The van der Waals surface area contributed by atoms with E-state index in [1.807, 2.05) is 12.1 Å². The van der Waals surface area contributed by atoms with E-state index in [4.69, 9.17) is 11.6 Å². The van der Waals surface area contributed by atoms with Gasteiger partial charge in [0.1, 0.15) is 5.69 Å². The first-order chi connectivity index (χ1) is 8.27. The molecule has 17 heavy (non-hydrogen) atoms. The van der Waals surface area contributed by atoms with Crippen molar-refractivity contribution in [2.75, 3.05) is 0 Å². The number of hydrazone groups is 1. The summed E-state index contributed by atoms with van der Waals surface area (Å²) in [6.07, 6.45) is 2.98. The van der Waals surface area contributed by atoms with Crippen LogP contribution >= 0.6 is 11.6 Å². The summed E-state index contributed by atoms with van der Waals surface area (Å²) >= 11 is 5.92. The van der Waals surface area contributed by atoms with E-state index in [0.717, 1.165) is 5.56 Å². The van der Waals surface area contributed by atoms with Gasteiger partial charge in [-0.15, -0.1) is 0 Å². The summed E-state index contributed by atoms with van der Waals surface area (Å²) in [5, 5.41) is 10.6. The van der Waals surface area contributed by atoms with Gasteiger partial charge in [0.15, 0.2) is 0 Å². The number of halogens is 1. The molecule has 1 aromatic carbocycles. The van der Waals surface area contributed by atoms with Crippen molar-refractivity contribution in [3.63, 3.8) is 0 Å². The maximum atomic E-state index is 11.5. The largest absolute Gasteiger partial charge is 0.289 e. The lowest BCUT2D eigenvalue weighted by molar-refractivity contribution is 0.0950. The monoisotopic (exact) mass is 248 g/mol. The normalized spacial score (nSPS) is 10.6. The van der Waals surface area contributed by atoms with Crippen LogP contribution in [0.3, 0.4) is 0 Å². The summed E-state index contributed by atoms with van der Waals surface area (Å²) in [5.41, 5.74) is 3.45. The van der Waals surface area contributed by atoms with Crippen LogP contribution in [-0.4, -0.2) is 22.3 Å². The molecular formula is C11H9ClN4O. The van der Waals surface area contributed by atoms with Crippen molar-refractivity contribution in [1.82, 2.24) is 15.6 Å². The third-order valence-electron chi connectivity index (χ3n) is 2.02. The van der Waals surface area contributed by atoms with Gasteiger partial charge in [0.05, 0.1) is 6.21 Å². The maximum Gasteiger partial charge on any atom is 0.289 e. The fourth-order valence-corrected chi connectivity index (χ4v) is 1.37. The van der Waals surface area contributed by atoms with Gasteiger partial charge in [0.2, 0.25) is 0 Å². The molecular weight excluding hydrogens is 240 g/mol. The number of rotatable bonds is 3. The van der Waals surface area contributed by atoms with E-state index in [1.165, 1.54) is 12.4 Å². The molecule has 1 heterocycles. The Morgan fingerprint density at radius 3 is 2.94 bits per heavy atom. The lowest BCUT2D eigenvalue weighted by atomic mass is 10.2. The fraction of sp³-hybridized carbons (Fsp3) is 0. The maximum absolute atomic E-state index is 11.5. The summed E-state index contributed by atoms with van der Waals surface area (Å²) in [5.74, 6) is -0.356. The number of carbonyl (C=O) groups is 1. The van der Waals surface area contributed by atoms with Crippen molar-refractivity contribution in [3.8, 4) is 0 Å². The summed E-state index contributed by atoms with van der Waals surface area (Å²) in [4.78, 5) is 11.5. The average Bonchev–Trinajstić information content (AvgIpc) is 2.85. The van der Waals surface area contributed by atoms with Crippen LogP contribution in [0.25, 0.3) is 0 Å². The Bertz CT molecular complexity index is 536. The number of hydrogen-bond donors (Lipinski definition) is 2. The van der Waals surface area contributed by atoms with Crippen LogP contribution in [0.2, 0.25) is 5.02 Å². The fourth-order valence-electron chi connectivity index (χ4n) is 1.18. The number of nitrogens with zero attached hydrogens (tertiary/aromatic N) is 2. The summed E-state index contributed by atoms with van der Waals surface area (Å²) < 4.78 is 0. The molecule has 0 saturated heterocycles. The Hall–Kier alpha value is -2.14. The first-order valence-electron chi connectivity index (χ1n) is 4.84. The molecule has 1 aromatic heterocycles. The quantitative estimate of drug-likeness (QED) is 0.643. The molecule has 86 valence electrons. The van der Waals surface area contributed by atoms with E-state index in [0.29, 0.717) is 10.7 Å².